The summed E-state index contributed by atoms with van der Waals surface area (Å²) in [6.45, 7) is 1.20. The van der Waals surface area contributed by atoms with Gasteiger partial charge in [-0.25, -0.2) is 9.93 Å². The van der Waals surface area contributed by atoms with Crippen LogP contribution >= 0.6 is 0 Å². The Kier molecular flexibility index (Phi) is 5.90. The average Bonchev–Trinajstić information content (AvgIpc) is 1.59. The van der Waals surface area contributed by atoms with Gasteiger partial charge in [0, 0.05) is 0 Å². The molecule has 0 aliphatic rings. The third-order valence-corrected chi connectivity index (χ3v) is 0.357. The molecule has 1 atom stereocenters. The third-order valence-electron chi connectivity index (χ3n) is 0.357. The lowest BCUT2D eigenvalue weighted by molar-refractivity contribution is -0.145. The van der Waals surface area contributed by atoms with Crippen LogP contribution < -0.4 is 5.14 Å². The zero-order chi connectivity index (χ0) is 9.65. The fraction of sp³-hybridized carbons (Fsp3) is 0.667. The van der Waals surface area contributed by atoms with Gasteiger partial charge in [0.1, 0.15) is 6.10 Å². The van der Waals surface area contributed by atoms with Crippen LogP contribution in [-0.2, 0) is 15.1 Å². The largest absolute Gasteiger partial charge is 0.479 e. The van der Waals surface area contributed by atoms with E-state index in [1.807, 2.05) is 0 Å². The second kappa shape index (κ2) is 5.02. The molecule has 1 unspecified atom stereocenters. The first kappa shape index (κ1) is 12.9. The zero-order valence-corrected chi connectivity index (χ0v) is 6.45. The normalized spacial score (nSPS) is 12.7. The van der Waals surface area contributed by atoms with Crippen molar-refractivity contribution >= 4 is 16.3 Å². The molecule has 0 aromatic rings. The number of rotatable bonds is 1. The summed E-state index contributed by atoms with van der Waals surface area (Å²) >= 11 is 0. The predicted molar refractivity (Wildman–Crippen MR) is 35.1 cm³/mol. The molecule has 68 valence electrons. The van der Waals surface area contributed by atoms with Crippen LogP contribution in [0.2, 0.25) is 0 Å². The number of carboxylic acid groups (broad SMARTS) is 1. The van der Waals surface area contributed by atoms with Crippen molar-refractivity contribution in [1.29, 1.82) is 0 Å². The van der Waals surface area contributed by atoms with Gasteiger partial charge in [0.25, 0.3) is 0 Å². The maximum Gasteiger partial charge on any atom is 0.332 e. The van der Waals surface area contributed by atoms with Gasteiger partial charge in [-0.15, -0.1) is 0 Å². The summed E-state index contributed by atoms with van der Waals surface area (Å²) < 4.78 is 25.2. The van der Waals surface area contributed by atoms with Crippen molar-refractivity contribution in [2.45, 2.75) is 13.0 Å². The number of hydrogen-bond donors (Lipinski definition) is 4. The van der Waals surface area contributed by atoms with Gasteiger partial charge in [-0.3, -0.25) is 4.55 Å². The van der Waals surface area contributed by atoms with Crippen molar-refractivity contribution in [2.75, 3.05) is 0 Å². The molecule has 0 fully saturated rings. The lowest BCUT2D eigenvalue weighted by Gasteiger charge is -1.89. The minimum Gasteiger partial charge on any atom is -0.479 e. The molecule has 7 nitrogen and oxygen atoms in total. The van der Waals surface area contributed by atoms with Crippen LogP contribution in [0.15, 0.2) is 0 Å². The van der Waals surface area contributed by atoms with Crippen molar-refractivity contribution < 1.29 is 28.0 Å². The fourth-order valence-electron chi connectivity index (χ4n) is 0. The molecule has 5 N–H and O–H groups in total. The number of aliphatic carboxylic acids is 1. The van der Waals surface area contributed by atoms with Crippen LogP contribution in [0.1, 0.15) is 6.92 Å². The van der Waals surface area contributed by atoms with Gasteiger partial charge in [0.2, 0.25) is 0 Å². The molecular weight excluding hydrogens is 178 g/mol. The minimum absolute atomic E-state index is 1.19. The molecule has 0 rings (SSSR count). The van der Waals surface area contributed by atoms with Crippen molar-refractivity contribution in [3.63, 3.8) is 0 Å². The molecule has 0 aliphatic carbocycles. The van der Waals surface area contributed by atoms with Crippen molar-refractivity contribution in [3.05, 3.63) is 0 Å². The van der Waals surface area contributed by atoms with E-state index in [9.17, 15) is 4.79 Å². The van der Waals surface area contributed by atoms with Crippen LogP contribution in [0.4, 0.5) is 0 Å². The van der Waals surface area contributed by atoms with Gasteiger partial charge in [0.15, 0.2) is 0 Å². The molecule has 0 saturated carbocycles. The monoisotopic (exact) mass is 187 g/mol. The summed E-state index contributed by atoms with van der Waals surface area (Å²) in [6.07, 6.45) is -1.23. The summed E-state index contributed by atoms with van der Waals surface area (Å²) in [5.41, 5.74) is 0. The van der Waals surface area contributed by atoms with Crippen LogP contribution in [0.3, 0.4) is 0 Å². The fourth-order valence-corrected chi connectivity index (χ4v) is 0. The summed E-state index contributed by atoms with van der Waals surface area (Å²) in [7, 11) is -4.17. The van der Waals surface area contributed by atoms with E-state index < -0.39 is 22.4 Å². The zero-order valence-electron chi connectivity index (χ0n) is 5.63. The van der Waals surface area contributed by atoms with E-state index in [2.05, 4.69) is 5.14 Å². The first-order chi connectivity index (χ1) is 4.64. The molecule has 0 aromatic heterocycles. The molecule has 8 heteroatoms. The van der Waals surface area contributed by atoms with E-state index in [0.29, 0.717) is 0 Å². The van der Waals surface area contributed by atoms with E-state index in [0.717, 1.165) is 0 Å². The molecule has 0 bridgehead atoms. The number of aliphatic hydroxyl groups excluding tert-OH is 1. The van der Waals surface area contributed by atoms with Gasteiger partial charge in [-0.1, -0.05) is 0 Å². The van der Waals surface area contributed by atoms with Crippen molar-refractivity contribution in [1.82, 2.24) is 0 Å². The third kappa shape index (κ3) is 45.5. The Bertz CT molecular complexity index is 198. The SMILES string of the molecule is CC(O)C(=O)O.NS(=O)(=O)O. The van der Waals surface area contributed by atoms with Crippen molar-refractivity contribution in [2.24, 2.45) is 5.14 Å². The maximum absolute atomic E-state index is 9.45. The van der Waals surface area contributed by atoms with E-state index in [1.165, 1.54) is 6.92 Å². The van der Waals surface area contributed by atoms with Gasteiger partial charge in [-0.05, 0) is 6.92 Å². The molecule has 0 amide bonds. The highest BCUT2D eigenvalue weighted by atomic mass is 32.2. The Balaban J connectivity index is 0. The van der Waals surface area contributed by atoms with Crippen LogP contribution in [-0.4, -0.2) is 35.3 Å². The first-order valence-corrected chi connectivity index (χ1v) is 3.81. The van der Waals surface area contributed by atoms with E-state index in [4.69, 9.17) is 23.2 Å². The minimum atomic E-state index is -4.17. The first-order valence-electron chi connectivity index (χ1n) is 2.30. The molecule has 0 heterocycles. The Labute approximate surface area is 63.3 Å². The Hall–Kier alpha value is -0.700. The summed E-state index contributed by atoms with van der Waals surface area (Å²) in [5.74, 6) is -1.19. The van der Waals surface area contributed by atoms with E-state index in [-0.39, 0.29) is 0 Å². The number of aliphatic hydroxyl groups is 1. The Morgan fingerprint density at radius 2 is 1.64 bits per heavy atom. The van der Waals surface area contributed by atoms with E-state index in [1.54, 1.807) is 0 Å². The summed E-state index contributed by atoms with van der Waals surface area (Å²) in [5, 5.41) is 19.7. The smallest absolute Gasteiger partial charge is 0.332 e. The highest BCUT2D eigenvalue weighted by molar-refractivity contribution is 7.83. The van der Waals surface area contributed by atoms with Gasteiger partial charge >= 0.3 is 16.3 Å². The molecule has 11 heavy (non-hydrogen) atoms. The van der Waals surface area contributed by atoms with Crippen molar-refractivity contribution in [3.8, 4) is 0 Å². The number of hydrogen-bond acceptors (Lipinski definition) is 4. The number of nitrogens with two attached hydrogens (primary N) is 1. The highest BCUT2D eigenvalue weighted by Crippen LogP contribution is 1.73. The van der Waals surface area contributed by atoms with Crippen LogP contribution in [0, 0.1) is 0 Å². The molecule has 0 aliphatic heterocycles. The van der Waals surface area contributed by atoms with Crippen LogP contribution in [0.25, 0.3) is 0 Å². The molecule has 0 aromatic carbocycles. The lowest BCUT2D eigenvalue weighted by Crippen LogP contribution is -2.13. The topological polar surface area (TPSA) is 138 Å². The van der Waals surface area contributed by atoms with E-state index >= 15 is 0 Å². The molecular formula is C3H9NO6S. The quantitative estimate of drug-likeness (QED) is 0.357. The maximum atomic E-state index is 9.45. The number of carboxylic acids is 1. The predicted octanol–water partition coefficient (Wildman–Crippen LogP) is -1.80. The number of carbonyl (C=O) groups is 1. The highest BCUT2D eigenvalue weighted by Gasteiger charge is 2.01. The lowest BCUT2D eigenvalue weighted by atomic mass is 10.4. The molecule has 0 saturated heterocycles. The van der Waals surface area contributed by atoms with Gasteiger partial charge < -0.3 is 10.2 Å². The van der Waals surface area contributed by atoms with Gasteiger partial charge in [0.05, 0.1) is 0 Å². The Morgan fingerprint density at radius 1 is 1.55 bits per heavy atom. The second-order valence-electron chi connectivity index (χ2n) is 1.53. The average molecular weight is 187 g/mol. The molecule has 0 radical (unpaired) electrons. The van der Waals surface area contributed by atoms with Crippen LogP contribution in [0.5, 0.6) is 0 Å². The molecule has 0 spiro atoms. The summed E-state index contributed by atoms with van der Waals surface area (Å²) in [4.78, 5) is 9.45. The Morgan fingerprint density at radius 3 is 1.64 bits per heavy atom. The standard InChI is InChI=1S/C3H6O3.H3NO3S/c1-2(4)3(5)6;1-5(2,3)4/h2,4H,1H3,(H,5,6);(H3,1,2,3,4). The summed E-state index contributed by atoms with van der Waals surface area (Å²) in [6, 6.07) is 0. The second-order valence-corrected chi connectivity index (χ2v) is 2.56. The van der Waals surface area contributed by atoms with Gasteiger partial charge in [-0.2, -0.15) is 8.42 Å².